The fraction of sp³-hybridized carbons (Fsp3) is 0.308. The van der Waals surface area contributed by atoms with Crippen molar-refractivity contribution in [1.29, 1.82) is 0 Å². The summed E-state index contributed by atoms with van der Waals surface area (Å²) in [5.74, 6) is 0.189. The number of pyridine rings is 1. The van der Waals surface area contributed by atoms with E-state index in [1.165, 1.54) is 19.1 Å². The van der Waals surface area contributed by atoms with E-state index in [4.69, 9.17) is 9.47 Å². The van der Waals surface area contributed by atoms with E-state index in [1.807, 2.05) is 50.2 Å². The third-order valence-corrected chi connectivity index (χ3v) is 6.19. The largest absolute Gasteiger partial charge is 0.487 e. The quantitative estimate of drug-likeness (QED) is 0.261. The van der Waals surface area contributed by atoms with Gasteiger partial charge in [0.2, 0.25) is 0 Å². The number of benzene rings is 2. The van der Waals surface area contributed by atoms with E-state index in [0.29, 0.717) is 24.5 Å². The SMILES string of the molecule is COC(=O)c1ccc(COc2cc(C)c(C)cc2N(CC(C)CF)Sc2ccccn2)cc1. The maximum absolute atomic E-state index is 13.4. The highest BCUT2D eigenvalue weighted by molar-refractivity contribution is 8.00. The summed E-state index contributed by atoms with van der Waals surface area (Å²) in [5, 5.41) is 0.825. The number of aromatic nitrogens is 1. The Kier molecular flexibility index (Phi) is 8.72. The number of anilines is 1. The van der Waals surface area contributed by atoms with Gasteiger partial charge in [0.25, 0.3) is 0 Å². The van der Waals surface area contributed by atoms with E-state index >= 15 is 0 Å². The van der Waals surface area contributed by atoms with Crippen molar-refractivity contribution in [2.75, 3.05) is 24.6 Å². The van der Waals surface area contributed by atoms with Crippen LogP contribution in [0.2, 0.25) is 0 Å². The van der Waals surface area contributed by atoms with Crippen molar-refractivity contribution in [2.45, 2.75) is 32.4 Å². The molecule has 0 bridgehead atoms. The van der Waals surface area contributed by atoms with Gasteiger partial charge in [-0.05, 0) is 66.9 Å². The molecule has 1 aromatic heterocycles. The molecule has 0 N–H and O–H groups in total. The molecular formula is C26H29FN2O3S. The van der Waals surface area contributed by atoms with Gasteiger partial charge < -0.3 is 13.8 Å². The van der Waals surface area contributed by atoms with Crippen molar-refractivity contribution >= 4 is 23.6 Å². The lowest BCUT2D eigenvalue weighted by Gasteiger charge is -2.28. The standard InChI is InChI=1S/C26H29FN2O3S/c1-18(15-27)16-29(33-25-7-5-6-12-28-25)23-13-19(2)20(3)14-24(23)32-17-21-8-10-22(11-9-21)26(30)31-4/h5-14,18H,15-17H2,1-4H3. The van der Waals surface area contributed by atoms with E-state index in [-0.39, 0.29) is 11.9 Å². The topological polar surface area (TPSA) is 51.7 Å². The predicted octanol–water partition coefficient (Wildman–Crippen LogP) is 6.18. The summed E-state index contributed by atoms with van der Waals surface area (Å²) in [6.07, 6.45) is 1.74. The van der Waals surface area contributed by atoms with Crippen LogP contribution >= 0.6 is 11.9 Å². The van der Waals surface area contributed by atoms with E-state index in [1.54, 1.807) is 18.3 Å². The van der Waals surface area contributed by atoms with E-state index in [0.717, 1.165) is 27.4 Å². The van der Waals surface area contributed by atoms with E-state index < -0.39 is 6.67 Å². The van der Waals surface area contributed by atoms with Crippen LogP contribution in [-0.4, -0.2) is 31.3 Å². The van der Waals surface area contributed by atoms with Gasteiger partial charge in [-0.15, -0.1) is 0 Å². The Morgan fingerprint density at radius 2 is 1.85 bits per heavy atom. The summed E-state index contributed by atoms with van der Waals surface area (Å²) >= 11 is 1.47. The molecule has 0 radical (unpaired) electrons. The normalized spacial score (nSPS) is 11.7. The first-order valence-electron chi connectivity index (χ1n) is 10.7. The number of nitrogens with zero attached hydrogens (tertiary/aromatic N) is 2. The molecule has 7 heteroatoms. The molecule has 3 aromatic rings. The van der Waals surface area contributed by atoms with Crippen LogP contribution in [0.5, 0.6) is 5.75 Å². The third kappa shape index (κ3) is 6.71. The zero-order valence-corrected chi connectivity index (χ0v) is 20.2. The molecule has 1 unspecified atom stereocenters. The van der Waals surface area contributed by atoms with Crippen LogP contribution in [0.25, 0.3) is 0 Å². The highest BCUT2D eigenvalue weighted by atomic mass is 32.2. The molecule has 0 saturated heterocycles. The Bertz CT molecular complexity index is 1060. The van der Waals surface area contributed by atoms with E-state index in [2.05, 4.69) is 22.3 Å². The first-order valence-corrected chi connectivity index (χ1v) is 11.5. The van der Waals surface area contributed by atoms with Crippen molar-refractivity contribution in [3.05, 3.63) is 83.0 Å². The van der Waals surface area contributed by atoms with Crippen LogP contribution in [0.15, 0.2) is 65.8 Å². The average molecular weight is 469 g/mol. The van der Waals surface area contributed by atoms with Crippen molar-refractivity contribution < 1.29 is 18.7 Å². The molecule has 0 aliphatic rings. The average Bonchev–Trinajstić information content (AvgIpc) is 2.84. The Balaban J connectivity index is 1.88. The molecule has 0 amide bonds. The lowest BCUT2D eigenvalue weighted by atomic mass is 10.1. The van der Waals surface area contributed by atoms with Crippen LogP contribution in [0.4, 0.5) is 10.1 Å². The molecule has 0 saturated carbocycles. The minimum absolute atomic E-state index is 0.151. The van der Waals surface area contributed by atoms with Crippen LogP contribution < -0.4 is 9.04 Å². The summed E-state index contributed by atoms with van der Waals surface area (Å²) in [6.45, 7) is 6.40. The molecule has 174 valence electrons. The second-order valence-corrected chi connectivity index (χ2v) is 9.00. The molecule has 3 rings (SSSR count). The Hall–Kier alpha value is -3.06. The summed E-state index contributed by atoms with van der Waals surface area (Å²) in [4.78, 5) is 16.1. The number of carbonyl (C=O) groups excluding carboxylic acids is 1. The number of rotatable bonds is 10. The second kappa shape index (κ2) is 11.7. The highest BCUT2D eigenvalue weighted by Crippen LogP contribution is 2.38. The number of esters is 1. The van der Waals surface area contributed by atoms with Gasteiger partial charge in [-0.3, -0.25) is 4.39 Å². The maximum atomic E-state index is 13.4. The second-order valence-electron chi connectivity index (χ2n) is 7.96. The summed E-state index contributed by atoms with van der Waals surface area (Å²) in [5.41, 5.74) is 4.52. The minimum Gasteiger partial charge on any atom is -0.487 e. The Morgan fingerprint density at radius 3 is 2.48 bits per heavy atom. The monoisotopic (exact) mass is 468 g/mol. The molecule has 1 heterocycles. The van der Waals surface area contributed by atoms with Crippen LogP contribution in [-0.2, 0) is 11.3 Å². The molecule has 1 atom stereocenters. The molecule has 0 spiro atoms. The number of halogens is 1. The van der Waals surface area contributed by atoms with Crippen molar-refractivity contribution in [3.63, 3.8) is 0 Å². The lowest BCUT2D eigenvalue weighted by Crippen LogP contribution is -2.23. The van der Waals surface area contributed by atoms with Gasteiger partial charge in [0.1, 0.15) is 17.4 Å². The van der Waals surface area contributed by atoms with Crippen molar-refractivity contribution in [3.8, 4) is 5.75 Å². The number of hydrogen-bond acceptors (Lipinski definition) is 6. The van der Waals surface area contributed by atoms with Gasteiger partial charge in [0.05, 0.1) is 25.0 Å². The molecule has 5 nitrogen and oxygen atoms in total. The van der Waals surface area contributed by atoms with Gasteiger partial charge in [-0.2, -0.15) is 0 Å². The Labute approximate surface area is 199 Å². The predicted molar refractivity (Wildman–Crippen MR) is 131 cm³/mol. The smallest absolute Gasteiger partial charge is 0.337 e. The van der Waals surface area contributed by atoms with Gasteiger partial charge in [-0.25, -0.2) is 9.78 Å². The van der Waals surface area contributed by atoms with Gasteiger partial charge in [0, 0.05) is 30.6 Å². The highest BCUT2D eigenvalue weighted by Gasteiger charge is 2.19. The molecule has 33 heavy (non-hydrogen) atoms. The Morgan fingerprint density at radius 1 is 1.12 bits per heavy atom. The molecular weight excluding hydrogens is 439 g/mol. The molecule has 2 aromatic carbocycles. The first kappa shape index (κ1) is 24.6. The summed E-state index contributed by atoms with van der Waals surface area (Å²) in [7, 11) is 1.36. The van der Waals surface area contributed by atoms with Crippen LogP contribution in [0.3, 0.4) is 0 Å². The minimum atomic E-state index is -0.410. The number of alkyl halides is 1. The van der Waals surface area contributed by atoms with Crippen LogP contribution in [0.1, 0.15) is 34.0 Å². The zero-order valence-electron chi connectivity index (χ0n) is 19.4. The number of ether oxygens (including phenoxy) is 2. The lowest BCUT2D eigenvalue weighted by molar-refractivity contribution is 0.0600. The van der Waals surface area contributed by atoms with Gasteiger partial charge >= 0.3 is 5.97 Å². The third-order valence-electron chi connectivity index (χ3n) is 5.20. The van der Waals surface area contributed by atoms with Crippen molar-refractivity contribution in [1.82, 2.24) is 4.98 Å². The molecule has 0 fully saturated rings. The number of methoxy groups -OCH3 is 1. The summed E-state index contributed by atoms with van der Waals surface area (Å²) < 4.78 is 26.5. The summed E-state index contributed by atoms with van der Waals surface area (Å²) in [6, 6.07) is 17.0. The number of aryl methyl sites for hydroxylation is 2. The zero-order chi connectivity index (χ0) is 23.8. The van der Waals surface area contributed by atoms with Gasteiger partial charge in [0.15, 0.2) is 0 Å². The fourth-order valence-electron chi connectivity index (χ4n) is 3.13. The first-order chi connectivity index (χ1) is 15.9. The van der Waals surface area contributed by atoms with Gasteiger partial charge in [-0.1, -0.05) is 25.1 Å². The van der Waals surface area contributed by atoms with Crippen LogP contribution in [0, 0.1) is 19.8 Å². The molecule has 0 aliphatic heterocycles. The molecule has 0 aliphatic carbocycles. The number of carbonyl (C=O) groups is 1. The maximum Gasteiger partial charge on any atom is 0.337 e. The number of hydrogen-bond donors (Lipinski definition) is 0. The fourth-order valence-corrected chi connectivity index (χ4v) is 4.17. The van der Waals surface area contributed by atoms with E-state index in [9.17, 15) is 9.18 Å². The van der Waals surface area contributed by atoms with Crippen molar-refractivity contribution in [2.24, 2.45) is 5.92 Å².